The maximum absolute atomic E-state index is 16.8. The number of fused-ring (bicyclic) bond motifs is 4. The summed E-state index contributed by atoms with van der Waals surface area (Å²) >= 11 is 0. The van der Waals surface area contributed by atoms with Crippen molar-refractivity contribution in [1.29, 1.82) is 0 Å². The molecule has 0 radical (unpaired) electrons. The molecule has 0 spiro atoms. The van der Waals surface area contributed by atoms with Gasteiger partial charge in [-0.3, -0.25) is 4.57 Å². The number of aryl methyl sites for hydroxylation is 2. The van der Waals surface area contributed by atoms with E-state index in [4.69, 9.17) is 9.72 Å². The average molecular weight is 1100 g/mol. The zero-order valence-corrected chi connectivity index (χ0v) is 49.2. The SMILES string of the molecule is Cc1cc(C)cc(-c2cc(Oc3ccc4c5ccccc5n(-c5cc(C(C)(C)C)ccn5)c4c3)cc(N3CN(c4c(-c5cc(C(C)(C)C)cc(C(C)(C)C)c5)cc(C(C)(C)C)cc4-c4c(F)c(F)c(F)c(F)c4F)c4ccccc43)c2)c1. The van der Waals surface area contributed by atoms with E-state index >= 15 is 22.0 Å². The van der Waals surface area contributed by atoms with Gasteiger partial charge in [0.05, 0.1) is 33.7 Å². The molecule has 0 saturated heterocycles. The minimum Gasteiger partial charge on any atom is -0.457 e. The Labute approximate surface area is 478 Å². The van der Waals surface area contributed by atoms with Gasteiger partial charge >= 0.3 is 0 Å². The van der Waals surface area contributed by atoms with Crippen LogP contribution in [-0.4, -0.2) is 16.2 Å². The molecule has 0 unspecified atom stereocenters. The van der Waals surface area contributed by atoms with E-state index in [9.17, 15) is 0 Å². The standard InChI is InChI=1S/C72H69F5N4O/c1-41-27-42(2)29-43(28-41)44-32-50(38-52(33-44)82-51-23-24-54-53-19-15-16-20-57(53)81(60(54)39-51)61-37-46(25-26-78-61)69(3,4)5)79-40-80(59-22-18-17-21-58(59)79)68-55(45-30-47(70(6,7)8)34-48(31-45)71(9,10)11)35-49(72(12,13)14)36-56(68)62-63(73)65(75)67(77)66(76)64(62)74/h15-39H,40H2,1-14H3. The number of pyridine rings is 1. The third-order valence-corrected chi connectivity index (χ3v) is 15.9. The van der Waals surface area contributed by atoms with Crippen LogP contribution in [0.15, 0.2) is 152 Å². The number of para-hydroxylation sites is 3. The highest BCUT2D eigenvalue weighted by atomic mass is 19.2. The Hall–Kier alpha value is -8.24. The maximum atomic E-state index is 16.8. The number of aromatic nitrogens is 2. The van der Waals surface area contributed by atoms with Crippen LogP contribution >= 0.6 is 0 Å². The van der Waals surface area contributed by atoms with E-state index in [0.717, 1.165) is 83.5 Å². The summed E-state index contributed by atoms with van der Waals surface area (Å²) in [5.74, 6) is -8.13. The molecule has 1 aliphatic rings. The van der Waals surface area contributed by atoms with Crippen LogP contribution in [0.5, 0.6) is 11.5 Å². The van der Waals surface area contributed by atoms with Crippen LogP contribution in [0.4, 0.5) is 44.7 Å². The minimum atomic E-state index is -2.22. The molecule has 10 aromatic rings. The second-order valence-corrected chi connectivity index (χ2v) is 26.3. The molecule has 3 heterocycles. The number of hydrogen-bond donors (Lipinski definition) is 0. The second kappa shape index (κ2) is 20.0. The van der Waals surface area contributed by atoms with Gasteiger partial charge in [-0.2, -0.15) is 0 Å². The fraction of sp³-hybridized carbons (Fsp3) is 0.264. The molecule has 0 aliphatic carbocycles. The van der Waals surface area contributed by atoms with Crippen LogP contribution in [0.2, 0.25) is 0 Å². The van der Waals surface area contributed by atoms with Gasteiger partial charge in [0.2, 0.25) is 5.82 Å². The normalized spacial score (nSPS) is 13.2. The van der Waals surface area contributed by atoms with Gasteiger partial charge in [0, 0.05) is 45.9 Å². The number of benzene rings is 8. The maximum Gasteiger partial charge on any atom is 0.200 e. The monoisotopic (exact) mass is 1100 g/mol. The Bertz CT molecular complexity index is 4120. The molecular formula is C72H69F5N4O. The van der Waals surface area contributed by atoms with E-state index in [1.807, 2.05) is 92.5 Å². The van der Waals surface area contributed by atoms with Gasteiger partial charge in [0.1, 0.15) is 24.0 Å². The summed E-state index contributed by atoms with van der Waals surface area (Å²) in [6.45, 7) is 29.5. The predicted octanol–water partition coefficient (Wildman–Crippen LogP) is 20.7. The lowest BCUT2D eigenvalue weighted by Crippen LogP contribution is -2.26. The summed E-state index contributed by atoms with van der Waals surface area (Å²) < 4.78 is 89.5. The highest BCUT2D eigenvalue weighted by Gasteiger charge is 2.37. The van der Waals surface area contributed by atoms with Crippen molar-refractivity contribution in [2.45, 2.75) is 119 Å². The second-order valence-electron chi connectivity index (χ2n) is 26.3. The van der Waals surface area contributed by atoms with Crippen molar-refractivity contribution in [2.24, 2.45) is 0 Å². The molecule has 2 aromatic heterocycles. The van der Waals surface area contributed by atoms with E-state index in [2.05, 4.69) is 164 Å². The molecule has 82 heavy (non-hydrogen) atoms. The largest absolute Gasteiger partial charge is 0.457 e. The average Bonchev–Trinajstić information content (AvgIpc) is 3.44. The van der Waals surface area contributed by atoms with Crippen molar-refractivity contribution in [2.75, 3.05) is 16.5 Å². The zero-order chi connectivity index (χ0) is 58.7. The number of ether oxygens (including phenoxy) is 1. The van der Waals surface area contributed by atoms with Crippen LogP contribution in [0.25, 0.3) is 61.0 Å². The van der Waals surface area contributed by atoms with Crippen molar-refractivity contribution in [3.8, 4) is 50.7 Å². The summed E-state index contributed by atoms with van der Waals surface area (Å²) in [6, 6.07) is 48.9. The Morgan fingerprint density at radius 3 is 1.59 bits per heavy atom. The van der Waals surface area contributed by atoms with Gasteiger partial charge in [-0.15, -0.1) is 0 Å². The molecule has 0 N–H and O–H groups in total. The molecule has 418 valence electrons. The molecule has 11 rings (SSSR count). The molecular weight excluding hydrogens is 1030 g/mol. The van der Waals surface area contributed by atoms with Crippen molar-refractivity contribution in [3.63, 3.8) is 0 Å². The number of hydrogen-bond acceptors (Lipinski definition) is 4. The molecule has 1 aliphatic heterocycles. The zero-order valence-electron chi connectivity index (χ0n) is 49.2. The third kappa shape index (κ3) is 10.1. The summed E-state index contributed by atoms with van der Waals surface area (Å²) in [4.78, 5) is 8.96. The smallest absolute Gasteiger partial charge is 0.200 e. The number of anilines is 4. The lowest BCUT2D eigenvalue weighted by molar-refractivity contribution is 0.381. The molecule has 5 nitrogen and oxygen atoms in total. The van der Waals surface area contributed by atoms with Crippen molar-refractivity contribution < 1.29 is 26.7 Å². The Morgan fingerprint density at radius 1 is 0.427 bits per heavy atom. The number of nitrogens with zero attached hydrogens (tertiary/aromatic N) is 4. The van der Waals surface area contributed by atoms with Crippen molar-refractivity contribution in [1.82, 2.24) is 9.55 Å². The highest BCUT2D eigenvalue weighted by molar-refractivity contribution is 6.09. The van der Waals surface area contributed by atoms with E-state index in [1.54, 1.807) is 6.07 Å². The van der Waals surface area contributed by atoms with Crippen LogP contribution in [0.3, 0.4) is 0 Å². The van der Waals surface area contributed by atoms with E-state index < -0.39 is 40.1 Å². The van der Waals surface area contributed by atoms with Gasteiger partial charge in [0.15, 0.2) is 23.3 Å². The van der Waals surface area contributed by atoms with Gasteiger partial charge in [0.25, 0.3) is 0 Å². The molecule has 0 bridgehead atoms. The van der Waals surface area contributed by atoms with Crippen molar-refractivity contribution in [3.05, 3.63) is 214 Å². The summed E-state index contributed by atoms with van der Waals surface area (Å²) in [6.07, 6.45) is 1.86. The summed E-state index contributed by atoms with van der Waals surface area (Å²) in [7, 11) is 0. The van der Waals surface area contributed by atoms with E-state index in [-0.39, 0.29) is 34.2 Å². The first-order chi connectivity index (χ1) is 38.5. The third-order valence-electron chi connectivity index (χ3n) is 15.9. The van der Waals surface area contributed by atoms with Gasteiger partial charge in [-0.1, -0.05) is 161 Å². The Balaban J connectivity index is 1.14. The molecule has 0 saturated carbocycles. The number of halogens is 5. The molecule has 8 aromatic carbocycles. The predicted molar refractivity (Wildman–Crippen MR) is 327 cm³/mol. The van der Waals surface area contributed by atoms with E-state index in [0.29, 0.717) is 28.3 Å². The van der Waals surface area contributed by atoms with Crippen LogP contribution < -0.4 is 14.5 Å². The number of rotatable bonds is 8. The molecule has 0 atom stereocenters. The lowest BCUT2D eigenvalue weighted by Gasteiger charge is -2.32. The Kier molecular flexibility index (Phi) is 13.6. The molecule has 0 amide bonds. The minimum absolute atomic E-state index is 0.0666. The topological polar surface area (TPSA) is 33.5 Å². The summed E-state index contributed by atoms with van der Waals surface area (Å²) in [5, 5.41) is 2.13. The lowest BCUT2D eigenvalue weighted by atomic mass is 9.77. The summed E-state index contributed by atoms with van der Waals surface area (Å²) in [5.41, 5.74) is 11.0. The fourth-order valence-electron chi connectivity index (χ4n) is 11.4. The van der Waals surface area contributed by atoms with Crippen LogP contribution in [0.1, 0.15) is 116 Å². The highest BCUT2D eigenvalue weighted by Crippen LogP contribution is 2.54. The first kappa shape index (κ1) is 55.7. The Morgan fingerprint density at radius 2 is 0.963 bits per heavy atom. The van der Waals surface area contributed by atoms with Gasteiger partial charge in [-0.05, 0) is 141 Å². The first-order valence-electron chi connectivity index (χ1n) is 28.0. The van der Waals surface area contributed by atoms with E-state index in [1.165, 1.54) is 0 Å². The van der Waals surface area contributed by atoms with Crippen LogP contribution in [-0.2, 0) is 21.7 Å². The van der Waals surface area contributed by atoms with Gasteiger partial charge < -0.3 is 14.5 Å². The molecule has 0 fully saturated rings. The fourth-order valence-corrected chi connectivity index (χ4v) is 11.4. The van der Waals surface area contributed by atoms with Gasteiger partial charge in [-0.25, -0.2) is 26.9 Å². The van der Waals surface area contributed by atoms with Crippen molar-refractivity contribution >= 4 is 44.6 Å². The molecule has 10 heteroatoms. The first-order valence-corrected chi connectivity index (χ1v) is 28.0. The van der Waals surface area contributed by atoms with Crippen LogP contribution in [0, 0.1) is 42.9 Å². The quantitative estimate of drug-likeness (QED) is 0.0863.